The fourth-order valence-electron chi connectivity index (χ4n) is 2.32. The van der Waals surface area contributed by atoms with E-state index >= 15 is 0 Å². The van der Waals surface area contributed by atoms with E-state index in [1.54, 1.807) is 17.1 Å². The predicted molar refractivity (Wildman–Crippen MR) is 87.6 cm³/mol. The van der Waals surface area contributed by atoms with E-state index in [2.05, 4.69) is 20.6 Å². The second-order valence-electron chi connectivity index (χ2n) is 5.24. The van der Waals surface area contributed by atoms with E-state index in [0.29, 0.717) is 11.5 Å². The molecule has 23 heavy (non-hydrogen) atoms. The second kappa shape index (κ2) is 6.39. The van der Waals surface area contributed by atoms with Crippen molar-refractivity contribution in [1.29, 1.82) is 0 Å². The molecule has 2 aromatic heterocycles. The highest BCUT2D eigenvalue weighted by atomic mass is 16.1. The lowest BCUT2D eigenvalue weighted by atomic mass is 10.1. The van der Waals surface area contributed by atoms with Gasteiger partial charge in [0.05, 0.1) is 11.7 Å². The third kappa shape index (κ3) is 3.11. The zero-order chi connectivity index (χ0) is 16.2. The maximum Gasteiger partial charge on any atom is 0.183 e. The van der Waals surface area contributed by atoms with E-state index in [-0.39, 0.29) is 11.8 Å². The SMILES string of the molecule is CC(=O)c1nnn(-c2ccccc2)c1NC(C)c1cccnc1. The van der Waals surface area contributed by atoms with Crippen molar-refractivity contribution in [1.82, 2.24) is 20.0 Å². The molecule has 0 bridgehead atoms. The molecule has 0 saturated heterocycles. The molecule has 0 amide bonds. The number of nitrogens with zero attached hydrogens (tertiary/aromatic N) is 4. The summed E-state index contributed by atoms with van der Waals surface area (Å²) in [7, 11) is 0. The Balaban J connectivity index is 2.00. The van der Waals surface area contributed by atoms with E-state index in [1.807, 2.05) is 49.4 Å². The van der Waals surface area contributed by atoms with Crippen molar-refractivity contribution in [3.05, 3.63) is 66.1 Å². The maximum atomic E-state index is 11.9. The Hall–Kier alpha value is -3.02. The molecular weight excluding hydrogens is 290 g/mol. The van der Waals surface area contributed by atoms with Crippen molar-refractivity contribution >= 4 is 11.6 Å². The molecule has 0 spiro atoms. The van der Waals surface area contributed by atoms with Crippen LogP contribution in [-0.4, -0.2) is 25.8 Å². The number of Topliss-reactive ketones (excluding diaryl/α,β-unsaturated/α-hetero) is 1. The number of pyridine rings is 1. The number of hydrogen-bond acceptors (Lipinski definition) is 5. The molecule has 0 aliphatic rings. The summed E-state index contributed by atoms with van der Waals surface area (Å²) in [5.74, 6) is 0.452. The number of carbonyl (C=O) groups is 1. The van der Waals surface area contributed by atoms with Crippen LogP contribution in [0.25, 0.3) is 5.69 Å². The van der Waals surface area contributed by atoms with Gasteiger partial charge in [-0.1, -0.05) is 29.5 Å². The van der Waals surface area contributed by atoms with E-state index in [0.717, 1.165) is 11.3 Å². The van der Waals surface area contributed by atoms with E-state index in [1.165, 1.54) is 6.92 Å². The third-order valence-corrected chi connectivity index (χ3v) is 3.54. The molecule has 0 saturated carbocycles. The molecule has 0 radical (unpaired) electrons. The van der Waals surface area contributed by atoms with Crippen LogP contribution < -0.4 is 5.32 Å². The van der Waals surface area contributed by atoms with Gasteiger partial charge in [-0.3, -0.25) is 9.78 Å². The van der Waals surface area contributed by atoms with Crippen LogP contribution in [0, 0.1) is 0 Å². The number of carbonyl (C=O) groups excluding carboxylic acids is 1. The van der Waals surface area contributed by atoms with Crippen LogP contribution in [0.3, 0.4) is 0 Å². The number of nitrogens with one attached hydrogen (secondary N) is 1. The summed E-state index contributed by atoms with van der Waals surface area (Å²) in [5, 5.41) is 11.5. The number of aromatic nitrogens is 4. The summed E-state index contributed by atoms with van der Waals surface area (Å²) < 4.78 is 1.64. The van der Waals surface area contributed by atoms with E-state index < -0.39 is 0 Å². The Labute approximate surface area is 134 Å². The van der Waals surface area contributed by atoms with Gasteiger partial charge in [0.25, 0.3) is 0 Å². The molecule has 3 aromatic rings. The highest BCUT2D eigenvalue weighted by molar-refractivity contribution is 5.96. The monoisotopic (exact) mass is 307 g/mol. The number of benzene rings is 1. The molecule has 1 aromatic carbocycles. The number of rotatable bonds is 5. The first kappa shape index (κ1) is 14.9. The molecular formula is C17H17N5O. The molecule has 0 aliphatic carbocycles. The summed E-state index contributed by atoms with van der Waals surface area (Å²) in [6, 6.07) is 13.4. The Kier molecular flexibility index (Phi) is 4.14. The number of hydrogen-bond donors (Lipinski definition) is 1. The molecule has 0 fully saturated rings. The normalized spacial score (nSPS) is 11.9. The molecule has 3 rings (SSSR count). The van der Waals surface area contributed by atoms with Crippen molar-refractivity contribution in [2.45, 2.75) is 19.9 Å². The van der Waals surface area contributed by atoms with E-state index in [4.69, 9.17) is 0 Å². The number of para-hydroxylation sites is 1. The largest absolute Gasteiger partial charge is 0.361 e. The van der Waals surface area contributed by atoms with Gasteiger partial charge in [0.1, 0.15) is 0 Å². The first-order valence-electron chi connectivity index (χ1n) is 7.35. The second-order valence-corrected chi connectivity index (χ2v) is 5.24. The average Bonchev–Trinajstić information content (AvgIpc) is 3.00. The number of ketones is 1. The topological polar surface area (TPSA) is 72.7 Å². The van der Waals surface area contributed by atoms with Crippen molar-refractivity contribution in [3.63, 3.8) is 0 Å². The van der Waals surface area contributed by atoms with Crippen molar-refractivity contribution in [2.75, 3.05) is 5.32 Å². The summed E-state index contributed by atoms with van der Waals surface area (Å²) in [6.45, 7) is 3.49. The van der Waals surface area contributed by atoms with Crippen molar-refractivity contribution in [3.8, 4) is 5.69 Å². The molecule has 6 heteroatoms. The molecule has 1 atom stereocenters. The Bertz CT molecular complexity index is 798. The molecule has 116 valence electrons. The quantitative estimate of drug-likeness (QED) is 0.733. The van der Waals surface area contributed by atoms with Crippen LogP contribution in [0.5, 0.6) is 0 Å². The lowest BCUT2D eigenvalue weighted by Gasteiger charge is -2.16. The lowest BCUT2D eigenvalue weighted by molar-refractivity contribution is 0.101. The molecule has 6 nitrogen and oxygen atoms in total. The van der Waals surface area contributed by atoms with Crippen LogP contribution in [0.1, 0.15) is 35.9 Å². The van der Waals surface area contributed by atoms with Gasteiger partial charge in [-0.15, -0.1) is 5.10 Å². The average molecular weight is 307 g/mol. The van der Waals surface area contributed by atoms with Crippen LogP contribution in [-0.2, 0) is 0 Å². The van der Waals surface area contributed by atoms with Gasteiger partial charge in [0.15, 0.2) is 17.3 Å². The smallest absolute Gasteiger partial charge is 0.183 e. The Morgan fingerprint density at radius 1 is 1.17 bits per heavy atom. The number of anilines is 1. The van der Waals surface area contributed by atoms with Crippen LogP contribution in [0.4, 0.5) is 5.82 Å². The molecule has 1 unspecified atom stereocenters. The van der Waals surface area contributed by atoms with Crippen LogP contribution in [0.15, 0.2) is 54.9 Å². The summed E-state index contributed by atoms with van der Waals surface area (Å²) >= 11 is 0. The van der Waals surface area contributed by atoms with Gasteiger partial charge >= 0.3 is 0 Å². The molecule has 2 heterocycles. The first-order valence-corrected chi connectivity index (χ1v) is 7.35. The van der Waals surface area contributed by atoms with Crippen LogP contribution in [0.2, 0.25) is 0 Å². The first-order chi connectivity index (χ1) is 11.2. The van der Waals surface area contributed by atoms with Gasteiger partial charge in [-0.25, -0.2) is 0 Å². The minimum Gasteiger partial charge on any atom is -0.361 e. The predicted octanol–water partition coefficient (Wildman–Crippen LogP) is 3.04. The summed E-state index contributed by atoms with van der Waals surface area (Å²) in [4.78, 5) is 16.0. The zero-order valence-corrected chi connectivity index (χ0v) is 13.0. The highest BCUT2D eigenvalue weighted by Crippen LogP contribution is 2.23. The lowest BCUT2D eigenvalue weighted by Crippen LogP contribution is -2.13. The van der Waals surface area contributed by atoms with Crippen molar-refractivity contribution in [2.24, 2.45) is 0 Å². The van der Waals surface area contributed by atoms with Gasteiger partial charge in [-0.2, -0.15) is 4.68 Å². The standard InChI is InChI=1S/C17H17N5O/c1-12(14-7-6-10-18-11-14)19-17-16(13(2)23)20-21-22(17)15-8-4-3-5-9-15/h3-12,19H,1-2H3. The fraction of sp³-hybridized carbons (Fsp3) is 0.176. The minimum atomic E-state index is -0.131. The molecule has 0 aliphatic heterocycles. The van der Waals surface area contributed by atoms with Gasteiger partial charge in [0.2, 0.25) is 0 Å². The third-order valence-electron chi connectivity index (χ3n) is 3.54. The highest BCUT2D eigenvalue weighted by Gasteiger charge is 2.19. The Morgan fingerprint density at radius 3 is 2.61 bits per heavy atom. The maximum absolute atomic E-state index is 11.9. The summed E-state index contributed by atoms with van der Waals surface area (Å²) in [6.07, 6.45) is 3.52. The Morgan fingerprint density at radius 2 is 1.96 bits per heavy atom. The van der Waals surface area contributed by atoms with Crippen molar-refractivity contribution < 1.29 is 4.79 Å². The van der Waals surface area contributed by atoms with Gasteiger partial charge in [0, 0.05) is 19.3 Å². The molecule has 1 N–H and O–H groups in total. The zero-order valence-electron chi connectivity index (χ0n) is 13.0. The van der Waals surface area contributed by atoms with E-state index in [9.17, 15) is 4.79 Å². The van der Waals surface area contributed by atoms with Crippen LogP contribution >= 0.6 is 0 Å². The van der Waals surface area contributed by atoms with Gasteiger partial charge in [-0.05, 0) is 30.7 Å². The fourth-order valence-corrected chi connectivity index (χ4v) is 2.32. The van der Waals surface area contributed by atoms with Gasteiger partial charge < -0.3 is 5.32 Å². The summed E-state index contributed by atoms with van der Waals surface area (Å²) in [5.41, 5.74) is 2.18. The minimum absolute atomic E-state index is 0.0391.